The minimum absolute atomic E-state index is 0.0805. The van der Waals surface area contributed by atoms with Crippen molar-refractivity contribution in [1.82, 2.24) is 14.9 Å². The average Bonchev–Trinajstić information content (AvgIpc) is 2.79. The number of nitrogens with one attached hydrogen (secondary N) is 1. The molecule has 6 nitrogen and oxygen atoms in total. The Morgan fingerprint density at radius 3 is 3.00 bits per heavy atom. The van der Waals surface area contributed by atoms with Gasteiger partial charge in [-0.05, 0) is 6.92 Å². The van der Waals surface area contributed by atoms with Crippen LogP contribution in [0.5, 0.6) is 0 Å². The first kappa shape index (κ1) is 12.7. The van der Waals surface area contributed by atoms with Gasteiger partial charge in [-0.1, -0.05) is 0 Å². The third-order valence-corrected chi connectivity index (χ3v) is 2.28. The number of amides is 1. The first-order valence-corrected chi connectivity index (χ1v) is 5.09. The lowest BCUT2D eigenvalue weighted by Gasteiger charge is -2.23. The second kappa shape index (κ2) is 6.24. The maximum Gasteiger partial charge on any atom is 0.251 e. The molecule has 16 heavy (non-hydrogen) atoms. The predicted octanol–water partition coefficient (Wildman–Crippen LogP) is -0.235. The van der Waals surface area contributed by atoms with E-state index in [1.165, 1.54) is 12.0 Å². The summed E-state index contributed by atoms with van der Waals surface area (Å²) in [5.74, 6) is 0.526. The zero-order valence-corrected chi connectivity index (χ0v) is 9.51. The Bertz CT molecular complexity index is 313. The van der Waals surface area contributed by atoms with E-state index in [9.17, 15) is 4.79 Å². The van der Waals surface area contributed by atoms with Gasteiger partial charge in [-0.3, -0.25) is 4.79 Å². The van der Waals surface area contributed by atoms with Gasteiger partial charge in [-0.25, -0.2) is 4.98 Å². The van der Waals surface area contributed by atoms with Gasteiger partial charge in [0, 0.05) is 26.0 Å². The zero-order valence-electron chi connectivity index (χ0n) is 9.51. The highest BCUT2D eigenvalue weighted by molar-refractivity contribution is 5.80. The van der Waals surface area contributed by atoms with Crippen molar-refractivity contribution in [1.29, 1.82) is 0 Å². The molecule has 0 fully saturated rings. The van der Waals surface area contributed by atoms with Gasteiger partial charge in [0.05, 0.1) is 13.2 Å². The molecular weight excluding hydrogens is 210 g/mol. The molecule has 0 bridgehead atoms. The van der Waals surface area contributed by atoms with Crippen molar-refractivity contribution in [2.24, 2.45) is 0 Å². The fourth-order valence-electron chi connectivity index (χ4n) is 1.31. The summed E-state index contributed by atoms with van der Waals surface area (Å²) in [7, 11) is 1.48. The lowest BCUT2D eigenvalue weighted by Crippen LogP contribution is -2.40. The number of aliphatic hydroxyl groups excluding tert-OH is 1. The highest BCUT2D eigenvalue weighted by Crippen LogP contribution is 2.03. The van der Waals surface area contributed by atoms with Crippen molar-refractivity contribution < 1.29 is 14.6 Å². The zero-order chi connectivity index (χ0) is 12.0. The number of methoxy groups -OCH3 is 1. The number of carbonyl (C=O) groups excluding carboxylic acids is 1. The Balaban J connectivity index is 2.63. The predicted molar refractivity (Wildman–Crippen MR) is 57.6 cm³/mol. The van der Waals surface area contributed by atoms with E-state index in [0.717, 1.165) is 0 Å². The van der Waals surface area contributed by atoms with Crippen LogP contribution in [-0.2, 0) is 16.1 Å². The van der Waals surface area contributed by atoms with Crippen LogP contribution in [0, 0.1) is 0 Å². The van der Waals surface area contributed by atoms with Gasteiger partial charge in [0.15, 0.2) is 0 Å². The van der Waals surface area contributed by atoms with Crippen LogP contribution in [-0.4, -0.2) is 52.2 Å². The van der Waals surface area contributed by atoms with E-state index < -0.39 is 6.10 Å². The minimum Gasteiger partial charge on any atom is -0.395 e. The summed E-state index contributed by atoms with van der Waals surface area (Å²) in [5, 5.41) is 8.90. The third-order valence-electron chi connectivity index (χ3n) is 2.28. The summed E-state index contributed by atoms with van der Waals surface area (Å²) < 4.78 is 4.95. The molecule has 0 spiro atoms. The second-order valence-corrected chi connectivity index (χ2v) is 3.40. The van der Waals surface area contributed by atoms with Gasteiger partial charge >= 0.3 is 0 Å². The van der Waals surface area contributed by atoms with Gasteiger partial charge in [0.25, 0.3) is 5.91 Å². The standard InChI is InChI=1S/C10H17N3O3/c1-8(16-2)10(15)13(5-6-14)7-9-11-3-4-12-9/h3-4,8,14H,5-7H2,1-2H3,(H,11,12). The molecule has 2 N–H and O–H groups in total. The van der Waals surface area contributed by atoms with E-state index in [1.54, 1.807) is 19.3 Å². The Morgan fingerprint density at radius 1 is 1.75 bits per heavy atom. The van der Waals surface area contributed by atoms with Crippen molar-refractivity contribution in [3.8, 4) is 0 Å². The summed E-state index contributed by atoms with van der Waals surface area (Å²) in [6.07, 6.45) is 2.80. The molecule has 0 saturated heterocycles. The number of ether oxygens (including phenoxy) is 1. The molecule has 0 saturated carbocycles. The molecule has 0 aromatic carbocycles. The van der Waals surface area contributed by atoms with Crippen LogP contribution in [0.1, 0.15) is 12.7 Å². The summed E-state index contributed by atoms with van der Waals surface area (Å²) in [4.78, 5) is 20.3. The van der Waals surface area contributed by atoms with Crippen LogP contribution >= 0.6 is 0 Å². The number of aromatic amines is 1. The Kier molecular flexibility index (Phi) is 4.94. The normalized spacial score (nSPS) is 12.4. The monoisotopic (exact) mass is 227 g/mol. The summed E-state index contributed by atoms with van der Waals surface area (Å²) >= 11 is 0. The molecule has 1 unspecified atom stereocenters. The van der Waals surface area contributed by atoms with Crippen LogP contribution in [0.4, 0.5) is 0 Å². The maximum atomic E-state index is 11.8. The SMILES string of the molecule is COC(C)C(=O)N(CCO)Cc1ncc[nH]1. The smallest absolute Gasteiger partial charge is 0.251 e. The van der Waals surface area contributed by atoms with Crippen molar-refractivity contribution in [3.63, 3.8) is 0 Å². The van der Waals surface area contributed by atoms with Gasteiger partial charge in [-0.15, -0.1) is 0 Å². The summed E-state index contributed by atoms with van der Waals surface area (Å²) in [6.45, 7) is 2.21. The third kappa shape index (κ3) is 3.32. The van der Waals surface area contributed by atoms with Crippen LogP contribution in [0.15, 0.2) is 12.4 Å². The molecule has 1 aromatic heterocycles. The number of aromatic nitrogens is 2. The van der Waals surface area contributed by atoms with E-state index in [2.05, 4.69) is 9.97 Å². The van der Waals surface area contributed by atoms with Crippen molar-refractivity contribution >= 4 is 5.91 Å². The molecule has 90 valence electrons. The van der Waals surface area contributed by atoms with Crippen molar-refractivity contribution in [2.45, 2.75) is 19.6 Å². The van der Waals surface area contributed by atoms with Gasteiger partial charge < -0.3 is 19.7 Å². The molecule has 1 rings (SSSR count). The van der Waals surface area contributed by atoms with E-state index >= 15 is 0 Å². The number of aliphatic hydroxyl groups is 1. The van der Waals surface area contributed by atoms with Crippen molar-refractivity contribution in [2.75, 3.05) is 20.3 Å². The molecule has 6 heteroatoms. The lowest BCUT2D eigenvalue weighted by atomic mass is 10.3. The largest absolute Gasteiger partial charge is 0.395 e. The number of nitrogens with zero attached hydrogens (tertiary/aromatic N) is 2. The number of imidazole rings is 1. The first-order chi connectivity index (χ1) is 7.69. The van der Waals surface area contributed by atoms with E-state index in [-0.39, 0.29) is 19.1 Å². The fraction of sp³-hybridized carbons (Fsp3) is 0.600. The second-order valence-electron chi connectivity index (χ2n) is 3.40. The Hall–Kier alpha value is -1.40. The number of hydrogen-bond acceptors (Lipinski definition) is 4. The maximum absolute atomic E-state index is 11.8. The first-order valence-electron chi connectivity index (χ1n) is 5.09. The lowest BCUT2D eigenvalue weighted by molar-refractivity contribution is -0.142. The molecule has 0 aliphatic carbocycles. The molecule has 1 atom stereocenters. The number of hydrogen-bond donors (Lipinski definition) is 2. The molecule has 1 heterocycles. The molecule has 0 radical (unpaired) electrons. The number of H-pyrrole nitrogens is 1. The Labute approximate surface area is 94.2 Å². The van der Waals surface area contributed by atoms with Crippen LogP contribution in [0.2, 0.25) is 0 Å². The van der Waals surface area contributed by atoms with Crippen molar-refractivity contribution in [3.05, 3.63) is 18.2 Å². The highest BCUT2D eigenvalue weighted by atomic mass is 16.5. The molecule has 0 aliphatic rings. The fourth-order valence-corrected chi connectivity index (χ4v) is 1.31. The van der Waals surface area contributed by atoms with Gasteiger partial charge in [0.2, 0.25) is 0 Å². The van der Waals surface area contributed by atoms with Crippen LogP contribution < -0.4 is 0 Å². The average molecular weight is 227 g/mol. The van der Waals surface area contributed by atoms with Gasteiger partial charge in [0.1, 0.15) is 11.9 Å². The minimum atomic E-state index is -0.512. The van der Waals surface area contributed by atoms with Crippen LogP contribution in [0.3, 0.4) is 0 Å². The number of rotatable bonds is 6. The van der Waals surface area contributed by atoms with E-state index in [4.69, 9.17) is 9.84 Å². The molecule has 1 amide bonds. The number of carbonyl (C=O) groups is 1. The molecule has 0 aliphatic heterocycles. The van der Waals surface area contributed by atoms with E-state index in [0.29, 0.717) is 12.4 Å². The quantitative estimate of drug-likeness (QED) is 0.703. The summed E-state index contributed by atoms with van der Waals surface area (Å²) in [5.41, 5.74) is 0. The molecule has 1 aromatic rings. The molecular formula is C10H17N3O3. The topological polar surface area (TPSA) is 78.4 Å². The van der Waals surface area contributed by atoms with Crippen LogP contribution in [0.25, 0.3) is 0 Å². The summed E-state index contributed by atoms with van der Waals surface area (Å²) in [6, 6.07) is 0. The van der Waals surface area contributed by atoms with E-state index in [1.807, 2.05) is 0 Å². The Morgan fingerprint density at radius 2 is 2.50 bits per heavy atom. The van der Waals surface area contributed by atoms with Gasteiger partial charge in [-0.2, -0.15) is 0 Å². The highest BCUT2D eigenvalue weighted by Gasteiger charge is 2.20.